The van der Waals surface area contributed by atoms with Gasteiger partial charge in [0.15, 0.2) is 0 Å². The van der Waals surface area contributed by atoms with Gasteiger partial charge in [0.1, 0.15) is 11.8 Å². The summed E-state index contributed by atoms with van der Waals surface area (Å²) in [5.41, 5.74) is 0.758. The second-order valence-corrected chi connectivity index (χ2v) is 10.1. The Morgan fingerprint density at radius 1 is 1.03 bits per heavy atom. The van der Waals surface area contributed by atoms with Crippen molar-refractivity contribution in [2.24, 2.45) is 5.92 Å². The van der Waals surface area contributed by atoms with Crippen LogP contribution in [-0.2, 0) is 21.4 Å². The molecule has 0 aliphatic heterocycles. The van der Waals surface area contributed by atoms with Crippen LogP contribution < -0.4 is 4.74 Å². The highest BCUT2D eigenvalue weighted by Gasteiger charge is 2.37. The molecule has 0 unspecified atom stereocenters. The number of rotatable bonds is 9. The number of benzene rings is 2. The van der Waals surface area contributed by atoms with Crippen LogP contribution in [0.2, 0.25) is 5.02 Å². The summed E-state index contributed by atoms with van der Waals surface area (Å²) in [4.78, 5) is 14.6. The zero-order chi connectivity index (χ0) is 22.5. The molecular formula is C22H29ClN2O4S. The van der Waals surface area contributed by atoms with Gasteiger partial charge in [0.25, 0.3) is 0 Å². The van der Waals surface area contributed by atoms with Crippen molar-refractivity contribution in [1.82, 2.24) is 9.21 Å². The predicted octanol–water partition coefficient (Wildman–Crippen LogP) is 4.04. The summed E-state index contributed by atoms with van der Waals surface area (Å²) in [5.74, 6) is 0.543. The highest BCUT2D eigenvalue weighted by Crippen LogP contribution is 2.27. The van der Waals surface area contributed by atoms with E-state index in [1.807, 2.05) is 13.8 Å². The number of nitrogens with zero attached hydrogens (tertiary/aromatic N) is 2. The number of methoxy groups -OCH3 is 1. The summed E-state index contributed by atoms with van der Waals surface area (Å²) in [6.07, 6.45) is 0.403. The third-order valence-electron chi connectivity index (χ3n) is 4.69. The van der Waals surface area contributed by atoms with Gasteiger partial charge in [0, 0.05) is 25.7 Å². The fourth-order valence-electron chi connectivity index (χ4n) is 3.10. The van der Waals surface area contributed by atoms with Crippen LogP contribution >= 0.6 is 11.6 Å². The monoisotopic (exact) mass is 452 g/mol. The highest BCUT2D eigenvalue weighted by molar-refractivity contribution is 7.89. The lowest BCUT2D eigenvalue weighted by atomic mass is 10.0. The third kappa shape index (κ3) is 5.97. The van der Waals surface area contributed by atoms with Crippen LogP contribution in [0.15, 0.2) is 53.4 Å². The molecule has 2 aromatic carbocycles. The SMILES string of the molecule is COc1ccc(CN([C@H](CC(C)C)C(=O)N(C)C)S(=O)(=O)c2ccc(Cl)cc2)cc1. The van der Waals surface area contributed by atoms with E-state index in [0.29, 0.717) is 17.2 Å². The Hall–Kier alpha value is -2.09. The number of carbonyl (C=O) groups is 1. The second kappa shape index (κ2) is 10.3. The lowest BCUT2D eigenvalue weighted by Gasteiger charge is -2.33. The standard InChI is InChI=1S/C22H29ClN2O4S/c1-16(2)14-21(22(26)24(3)4)25(15-17-6-10-19(29-5)11-7-17)30(27,28)20-12-8-18(23)9-13-20/h6-13,16,21H,14-15H2,1-5H3/t21-/m1/s1. The molecule has 6 nitrogen and oxygen atoms in total. The molecule has 8 heteroatoms. The van der Waals surface area contributed by atoms with Crippen molar-refractivity contribution in [3.05, 3.63) is 59.1 Å². The first-order chi connectivity index (χ1) is 14.1. The maximum atomic E-state index is 13.6. The minimum atomic E-state index is -3.96. The van der Waals surface area contributed by atoms with E-state index in [2.05, 4.69) is 0 Å². The maximum absolute atomic E-state index is 13.6. The molecule has 1 atom stereocenters. The van der Waals surface area contributed by atoms with Gasteiger partial charge in [-0.1, -0.05) is 37.6 Å². The Kier molecular flexibility index (Phi) is 8.29. The van der Waals surface area contributed by atoms with Crippen LogP contribution in [-0.4, -0.2) is 50.8 Å². The van der Waals surface area contributed by atoms with Crippen LogP contribution in [0.25, 0.3) is 0 Å². The van der Waals surface area contributed by atoms with Crippen molar-refractivity contribution in [3.8, 4) is 5.75 Å². The van der Waals surface area contributed by atoms with Crippen molar-refractivity contribution in [2.45, 2.75) is 37.8 Å². The molecule has 0 aromatic heterocycles. The first-order valence-electron chi connectivity index (χ1n) is 9.67. The topological polar surface area (TPSA) is 66.9 Å². The number of halogens is 1. The smallest absolute Gasteiger partial charge is 0.244 e. The van der Waals surface area contributed by atoms with Gasteiger partial charge >= 0.3 is 0 Å². The summed E-state index contributed by atoms with van der Waals surface area (Å²) in [7, 11) is 0.881. The quantitative estimate of drug-likeness (QED) is 0.575. The lowest BCUT2D eigenvalue weighted by Crippen LogP contribution is -2.49. The van der Waals surface area contributed by atoms with Gasteiger partial charge in [-0.2, -0.15) is 4.31 Å². The molecule has 0 spiro atoms. The van der Waals surface area contributed by atoms with Crippen LogP contribution in [0.4, 0.5) is 0 Å². The summed E-state index contributed by atoms with van der Waals surface area (Å²) >= 11 is 5.94. The molecule has 0 radical (unpaired) electrons. The van der Waals surface area contributed by atoms with E-state index >= 15 is 0 Å². The molecule has 0 fully saturated rings. The third-order valence-corrected chi connectivity index (χ3v) is 6.81. The zero-order valence-corrected chi connectivity index (χ0v) is 19.6. The maximum Gasteiger partial charge on any atom is 0.244 e. The number of amides is 1. The minimum Gasteiger partial charge on any atom is -0.497 e. The van der Waals surface area contributed by atoms with Gasteiger partial charge in [-0.05, 0) is 54.3 Å². The number of sulfonamides is 1. The Labute approximate surface area is 184 Å². The van der Waals surface area contributed by atoms with Crippen molar-refractivity contribution in [1.29, 1.82) is 0 Å². The van der Waals surface area contributed by atoms with E-state index in [4.69, 9.17) is 16.3 Å². The van der Waals surface area contributed by atoms with Crippen LogP contribution in [0.1, 0.15) is 25.8 Å². The lowest BCUT2D eigenvalue weighted by molar-refractivity contribution is -0.133. The first-order valence-corrected chi connectivity index (χ1v) is 11.5. The molecule has 0 N–H and O–H groups in total. The van der Waals surface area contributed by atoms with Crippen molar-refractivity contribution < 1.29 is 17.9 Å². The van der Waals surface area contributed by atoms with Crippen molar-refractivity contribution in [3.63, 3.8) is 0 Å². The fraction of sp³-hybridized carbons (Fsp3) is 0.409. The average Bonchev–Trinajstić information content (AvgIpc) is 2.70. The van der Waals surface area contributed by atoms with E-state index < -0.39 is 16.1 Å². The van der Waals surface area contributed by atoms with Crippen molar-refractivity contribution >= 4 is 27.5 Å². The van der Waals surface area contributed by atoms with Gasteiger partial charge in [0.05, 0.1) is 12.0 Å². The van der Waals surface area contributed by atoms with E-state index in [-0.39, 0.29) is 23.3 Å². The van der Waals surface area contributed by atoms with Crippen LogP contribution in [0, 0.1) is 5.92 Å². The molecule has 0 bridgehead atoms. The summed E-state index contributed by atoms with van der Waals surface area (Å²) < 4.78 is 33.7. The van der Waals surface area contributed by atoms with E-state index in [1.165, 1.54) is 33.5 Å². The number of ether oxygens (including phenoxy) is 1. The Morgan fingerprint density at radius 2 is 1.60 bits per heavy atom. The Balaban J connectivity index is 2.56. The minimum absolute atomic E-state index is 0.0614. The molecule has 0 aliphatic carbocycles. The van der Waals surface area contributed by atoms with E-state index in [9.17, 15) is 13.2 Å². The Bertz CT molecular complexity index is 942. The zero-order valence-electron chi connectivity index (χ0n) is 18.0. The van der Waals surface area contributed by atoms with Gasteiger partial charge in [0.2, 0.25) is 15.9 Å². The molecule has 0 heterocycles. The van der Waals surface area contributed by atoms with Gasteiger partial charge < -0.3 is 9.64 Å². The summed E-state index contributed by atoms with van der Waals surface area (Å²) in [5, 5.41) is 0.443. The molecule has 1 amide bonds. The number of hydrogen-bond donors (Lipinski definition) is 0. The summed E-state index contributed by atoms with van der Waals surface area (Å²) in [6.45, 7) is 4.00. The van der Waals surface area contributed by atoms with Gasteiger partial charge in [-0.15, -0.1) is 0 Å². The number of hydrogen-bond acceptors (Lipinski definition) is 4. The average molecular weight is 453 g/mol. The summed E-state index contributed by atoms with van der Waals surface area (Å²) in [6, 6.07) is 12.3. The molecule has 2 aromatic rings. The molecule has 0 aliphatic rings. The molecular weight excluding hydrogens is 424 g/mol. The normalized spacial score (nSPS) is 12.8. The molecule has 0 saturated carbocycles. The number of likely N-dealkylation sites (N-methyl/N-ethyl adjacent to an activating group) is 1. The largest absolute Gasteiger partial charge is 0.497 e. The van der Waals surface area contributed by atoms with Gasteiger partial charge in [-0.3, -0.25) is 4.79 Å². The van der Waals surface area contributed by atoms with Gasteiger partial charge in [-0.25, -0.2) is 8.42 Å². The molecule has 0 saturated heterocycles. The Morgan fingerprint density at radius 3 is 2.07 bits per heavy atom. The van der Waals surface area contributed by atoms with E-state index in [1.54, 1.807) is 45.5 Å². The van der Waals surface area contributed by atoms with E-state index in [0.717, 1.165) is 5.56 Å². The molecule has 2 rings (SSSR count). The predicted molar refractivity (Wildman–Crippen MR) is 119 cm³/mol. The van der Waals surface area contributed by atoms with Crippen LogP contribution in [0.5, 0.6) is 5.75 Å². The highest BCUT2D eigenvalue weighted by atomic mass is 35.5. The first kappa shape index (κ1) is 24.2. The van der Waals surface area contributed by atoms with Crippen molar-refractivity contribution in [2.75, 3.05) is 21.2 Å². The fourth-order valence-corrected chi connectivity index (χ4v) is 4.81. The second-order valence-electron chi connectivity index (χ2n) is 7.73. The number of carbonyl (C=O) groups excluding carboxylic acids is 1. The van der Waals surface area contributed by atoms with Crippen LogP contribution in [0.3, 0.4) is 0 Å². The molecule has 164 valence electrons. The molecule has 30 heavy (non-hydrogen) atoms.